The van der Waals surface area contributed by atoms with Crippen LogP contribution in [-0.2, 0) is 0 Å². The van der Waals surface area contributed by atoms with Gasteiger partial charge < -0.3 is 5.32 Å². The molecule has 1 N–H and O–H groups in total. The first-order valence-corrected chi connectivity index (χ1v) is 5.04. The first kappa shape index (κ1) is 12.8. The zero-order valence-electron chi connectivity index (χ0n) is 9.09. The summed E-state index contributed by atoms with van der Waals surface area (Å²) in [6.45, 7) is 0.613. The van der Waals surface area contributed by atoms with Crippen molar-refractivity contribution in [1.29, 1.82) is 0 Å². The average molecular weight is 232 g/mol. The van der Waals surface area contributed by atoms with E-state index < -0.39 is 6.43 Å². The number of hydrogen-bond donors (Lipinski definition) is 1. The maximum Gasteiger partial charge on any atom is 0.251 e. The van der Waals surface area contributed by atoms with Crippen molar-refractivity contribution in [2.75, 3.05) is 32.0 Å². The van der Waals surface area contributed by atoms with Crippen LogP contribution in [0.5, 0.6) is 0 Å². The average Bonchev–Trinajstić information content (AvgIpc) is 2.19. The van der Waals surface area contributed by atoms with Crippen molar-refractivity contribution in [3.8, 4) is 0 Å². The number of halogens is 3. The molecule has 2 nitrogen and oxygen atoms in total. The molecule has 0 saturated heterocycles. The van der Waals surface area contributed by atoms with Gasteiger partial charge in [0.2, 0.25) is 0 Å². The van der Waals surface area contributed by atoms with Gasteiger partial charge in [0.05, 0.1) is 12.2 Å². The quantitative estimate of drug-likeness (QED) is 0.810. The zero-order chi connectivity index (χ0) is 12.0. The first-order valence-electron chi connectivity index (χ1n) is 5.04. The van der Waals surface area contributed by atoms with Crippen molar-refractivity contribution < 1.29 is 13.2 Å². The van der Waals surface area contributed by atoms with E-state index in [9.17, 15) is 13.2 Å². The van der Waals surface area contributed by atoms with E-state index in [1.54, 1.807) is 25.2 Å². The number of benzene rings is 1. The van der Waals surface area contributed by atoms with Crippen LogP contribution in [0.15, 0.2) is 24.3 Å². The molecule has 0 heterocycles. The Balaban J connectivity index is 2.28. The van der Waals surface area contributed by atoms with Gasteiger partial charge in [-0.3, -0.25) is 4.90 Å². The van der Waals surface area contributed by atoms with Gasteiger partial charge in [0.25, 0.3) is 6.43 Å². The second-order valence-electron chi connectivity index (χ2n) is 3.56. The van der Waals surface area contributed by atoms with Crippen LogP contribution >= 0.6 is 0 Å². The van der Waals surface area contributed by atoms with Crippen molar-refractivity contribution >= 4 is 5.69 Å². The topological polar surface area (TPSA) is 15.3 Å². The van der Waals surface area contributed by atoms with Crippen molar-refractivity contribution in [2.45, 2.75) is 6.43 Å². The Bertz CT molecular complexity index is 318. The third kappa shape index (κ3) is 4.53. The molecule has 0 saturated carbocycles. The maximum atomic E-state index is 13.1. The van der Waals surface area contributed by atoms with Crippen molar-refractivity contribution in [1.82, 2.24) is 4.90 Å². The van der Waals surface area contributed by atoms with E-state index in [2.05, 4.69) is 5.32 Å². The van der Waals surface area contributed by atoms with Crippen molar-refractivity contribution in [2.24, 2.45) is 0 Å². The summed E-state index contributed by atoms with van der Waals surface area (Å²) in [5, 5.41) is 2.86. The largest absolute Gasteiger partial charge is 0.381 e. The molecule has 0 bridgehead atoms. The van der Waals surface area contributed by atoms with Gasteiger partial charge in [0.15, 0.2) is 0 Å². The summed E-state index contributed by atoms with van der Waals surface area (Å²) >= 11 is 0. The fraction of sp³-hybridized carbons (Fsp3) is 0.455. The maximum absolute atomic E-state index is 13.1. The Morgan fingerprint density at radius 1 is 1.31 bits per heavy atom. The fourth-order valence-corrected chi connectivity index (χ4v) is 1.31. The number of alkyl halides is 2. The number of rotatable bonds is 6. The Morgan fingerprint density at radius 2 is 2.00 bits per heavy atom. The number of para-hydroxylation sites is 1. The SMILES string of the molecule is CN(CCNc1ccccc1F)CC(F)F. The molecule has 0 spiro atoms. The normalized spacial score (nSPS) is 11.1. The molecular formula is C11H15F3N2. The highest BCUT2D eigenvalue weighted by Crippen LogP contribution is 2.11. The van der Waals surface area contributed by atoms with Gasteiger partial charge in [-0.1, -0.05) is 12.1 Å². The van der Waals surface area contributed by atoms with Crippen LogP contribution in [0.4, 0.5) is 18.9 Å². The van der Waals surface area contributed by atoms with E-state index in [-0.39, 0.29) is 12.4 Å². The summed E-state index contributed by atoms with van der Waals surface area (Å²) in [7, 11) is 1.61. The minimum Gasteiger partial charge on any atom is -0.381 e. The predicted molar refractivity (Wildman–Crippen MR) is 58.4 cm³/mol. The fourth-order valence-electron chi connectivity index (χ4n) is 1.31. The molecule has 0 aliphatic carbocycles. The van der Waals surface area contributed by atoms with E-state index in [0.29, 0.717) is 18.8 Å². The third-order valence-corrected chi connectivity index (χ3v) is 2.13. The molecule has 0 aliphatic heterocycles. The monoisotopic (exact) mass is 232 g/mol. The van der Waals surface area contributed by atoms with Gasteiger partial charge in [-0.25, -0.2) is 13.2 Å². The van der Waals surface area contributed by atoms with Crippen LogP contribution in [0.3, 0.4) is 0 Å². The summed E-state index contributed by atoms with van der Waals surface area (Å²) < 4.78 is 37.1. The van der Waals surface area contributed by atoms with E-state index >= 15 is 0 Å². The molecule has 0 amide bonds. The number of nitrogens with one attached hydrogen (secondary N) is 1. The number of hydrogen-bond acceptors (Lipinski definition) is 2. The molecular weight excluding hydrogens is 217 g/mol. The number of anilines is 1. The molecule has 0 atom stereocenters. The molecule has 1 aromatic rings. The van der Waals surface area contributed by atoms with Gasteiger partial charge in [-0.05, 0) is 19.2 Å². The second kappa shape index (κ2) is 6.37. The molecule has 1 aromatic carbocycles. The van der Waals surface area contributed by atoms with Crippen molar-refractivity contribution in [3.05, 3.63) is 30.1 Å². The van der Waals surface area contributed by atoms with Gasteiger partial charge in [0, 0.05) is 13.1 Å². The molecule has 0 fully saturated rings. The molecule has 1 rings (SSSR count). The van der Waals surface area contributed by atoms with Crippen LogP contribution < -0.4 is 5.32 Å². The van der Waals surface area contributed by atoms with E-state index in [0.717, 1.165) is 0 Å². The van der Waals surface area contributed by atoms with Crippen LogP contribution in [0.2, 0.25) is 0 Å². The Morgan fingerprint density at radius 3 is 2.62 bits per heavy atom. The summed E-state index contributed by atoms with van der Waals surface area (Å²) in [4.78, 5) is 1.50. The summed E-state index contributed by atoms with van der Waals surface area (Å²) in [5.74, 6) is -0.334. The molecule has 0 radical (unpaired) electrons. The lowest BCUT2D eigenvalue weighted by molar-refractivity contribution is 0.102. The second-order valence-corrected chi connectivity index (χ2v) is 3.56. The lowest BCUT2D eigenvalue weighted by Crippen LogP contribution is -2.29. The number of nitrogens with zero attached hydrogens (tertiary/aromatic N) is 1. The Hall–Kier alpha value is -1.23. The molecule has 0 unspecified atom stereocenters. The molecule has 0 aromatic heterocycles. The van der Waals surface area contributed by atoms with E-state index in [4.69, 9.17) is 0 Å². The Kier molecular flexibility index (Phi) is 5.11. The van der Waals surface area contributed by atoms with Crippen LogP contribution in [0.1, 0.15) is 0 Å². The highest BCUT2D eigenvalue weighted by Gasteiger charge is 2.07. The lowest BCUT2D eigenvalue weighted by atomic mass is 10.3. The lowest BCUT2D eigenvalue weighted by Gasteiger charge is -2.16. The summed E-state index contributed by atoms with van der Waals surface area (Å²) in [6, 6.07) is 6.28. The highest BCUT2D eigenvalue weighted by molar-refractivity contribution is 5.44. The van der Waals surface area contributed by atoms with Crippen molar-refractivity contribution in [3.63, 3.8) is 0 Å². The Labute approximate surface area is 93.1 Å². The smallest absolute Gasteiger partial charge is 0.251 e. The molecule has 16 heavy (non-hydrogen) atoms. The van der Waals surface area contributed by atoms with Crippen LogP contribution in [0, 0.1) is 5.82 Å². The van der Waals surface area contributed by atoms with Gasteiger partial charge in [-0.2, -0.15) is 0 Å². The minimum atomic E-state index is -2.33. The molecule has 0 aliphatic rings. The van der Waals surface area contributed by atoms with Gasteiger partial charge in [0.1, 0.15) is 5.82 Å². The van der Waals surface area contributed by atoms with E-state index in [1.807, 2.05) is 0 Å². The van der Waals surface area contributed by atoms with Gasteiger partial charge in [-0.15, -0.1) is 0 Å². The van der Waals surface area contributed by atoms with Crippen LogP contribution in [0.25, 0.3) is 0 Å². The molecule has 90 valence electrons. The molecule has 5 heteroatoms. The summed E-state index contributed by atoms with van der Waals surface area (Å²) in [5.41, 5.74) is 0.396. The minimum absolute atomic E-state index is 0.265. The standard InChI is InChI=1S/C11H15F3N2/c1-16(8-11(13)14)7-6-15-10-5-3-2-4-9(10)12/h2-5,11,15H,6-8H2,1H3. The zero-order valence-corrected chi connectivity index (χ0v) is 9.09. The van der Waals surface area contributed by atoms with Crippen LogP contribution in [-0.4, -0.2) is 38.0 Å². The third-order valence-electron chi connectivity index (χ3n) is 2.13. The number of likely N-dealkylation sites (N-methyl/N-ethyl adjacent to an activating group) is 1. The van der Waals surface area contributed by atoms with E-state index in [1.165, 1.54) is 11.0 Å². The first-order chi connectivity index (χ1) is 7.59. The highest BCUT2D eigenvalue weighted by atomic mass is 19.3. The predicted octanol–water partition coefficient (Wildman–Crippen LogP) is 2.43. The summed E-state index contributed by atoms with van der Waals surface area (Å²) in [6.07, 6.45) is -2.33. The van der Waals surface area contributed by atoms with Gasteiger partial charge >= 0.3 is 0 Å².